The van der Waals surface area contributed by atoms with E-state index in [2.05, 4.69) is 16.6 Å². The van der Waals surface area contributed by atoms with Crippen molar-refractivity contribution < 1.29 is 18.7 Å². The molecule has 20 heavy (non-hydrogen) atoms. The Morgan fingerprint density at radius 1 is 1.45 bits per heavy atom. The van der Waals surface area contributed by atoms with Crippen molar-refractivity contribution in [2.75, 3.05) is 6.61 Å². The summed E-state index contributed by atoms with van der Waals surface area (Å²) in [6.07, 6.45) is 1.55. The number of benzene rings is 1. The number of esters is 1. The Balaban J connectivity index is 2.48. The van der Waals surface area contributed by atoms with Crippen LogP contribution >= 0.6 is 0 Å². The van der Waals surface area contributed by atoms with Crippen LogP contribution in [0.5, 0.6) is 0 Å². The van der Waals surface area contributed by atoms with E-state index in [0.717, 1.165) is 6.26 Å². The Morgan fingerprint density at radius 3 is 2.95 bits per heavy atom. The fraction of sp³-hybridized carbons (Fsp3) is 0.133. The van der Waals surface area contributed by atoms with Gasteiger partial charge < -0.3 is 9.15 Å². The van der Waals surface area contributed by atoms with Gasteiger partial charge in [0.1, 0.15) is 11.8 Å². The largest absolute Gasteiger partial charge is 0.463 e. The van der Waals surface area contributed by atoms with Crippen LogP contribution in [0.1, 0.15) is 22.8 Å². The van der Waals surface area contributed by atoms with Crippen LogP contribution in [-0.2, 0) is 9.53 Å². The van der Waals surface area contributed by atoms with Crippen LogP contribution < -0.4 is 5.43 Å². The van der Waals surface area contributed by atoms with Gasteiger partial charge >= 0.3 is 5.97 Å². The summed E-state index contributed by atoms with van der Waals surface area (Å²) in [4.78, 5) is 33.7. The first-order valence-corrected chi connectivity index (χ1v) is 5.85. The minimum Gasteiger partial charge on any atom is -0.463 e. The molecule has 2 aromatic rings. The molecular weight excluding hydrogens is 260 g/mol. The molecule has 0 amide bonds. The molecule has 0 aliphatic carbocycles. The zero-order valence-corrected chi connectivity index (χ0v) is 10.6. The van der Waals surface area contributed by atoms with Crippen LogP contribution in [0, 0.1) is 11.8 Å². The number of ether oxygens (including phenoxy) is 1. The van der Waals surface area contributed by atoms with Gasteiger partial charge in [-0.25, -0.2) is 4.79 Å². The van der Waals surface area contributed by atoms with E-state index in [9.17, 15) is 14.4 Å². The third-order valence-corrected chi connectivity index (χ3v) is 2.51. The fourth-order valence-corrected chi connectivity index (χ4v) is 1.60. The summed E-state index contributed by atoms with van der Waals surface area (Å²) in [5.41, 5.74) is 0.317. The summed E-state index contributed by atoms with van der Waals surface area (Å²) in [6, 6.07) is 4.64. The molecule has 0 bridgehead atoms. The highest BCUT2D eigenvalue weighted by Crippen LogP contribution is 2.12. The topological polar surface area (TPSA) is 73.6 Å². The third-order valence-electron chi connectivity index (χ3n) is 2.51. The van der Waals surface area contributed by atoms with Crippen LogP contribution in [0.4, 0.5) is 0 Å². The summed E-state index contributed by atoms with van der Waals surface area (Å²) in [6.45, 7) is 1.93. The summed E-state index contributed by atoms with van der Waals surface area (Å²) in [5, 5.41) is 0.241. The lowest BCUT2D eigenvalue weighted by Crippen LogP contribution is -2.07. The monoisotopic (exact) mass is 270 g/mol. The second-order valence-electron chi connectivity index (χ2n) is 3.82. The molecule has 1 heterocycles. The average Bonchev–Trinajstić information content (AvgIpc) is 2.46. The smallest absolute Gasteiger partial charge is 0.384 e. The maximum atomic E-state index is 11.9. The number of aldehydes is 1. The Labute approximate surface area is 114 Å². The average molecular weight is 270 g/mol. The number of carbonyl (C=O) groups is 2. The van der Waals surface area contributed by atoms with Crippen LogP contribution in [0.15, 0.2) is 33.7 Å². The van der Waals surface area contributed by atoms with E-state index >= 15 is 0 Å². The molecule has 0 radical (unpaired) electrons. The van der Waals surface area contributed by atoms with Crippen molar-refractivity contribution in [2.45, 2.75) is 6.92 Å². The predicted molar refractivity (Wildman–Crippen MR) is 71.4 cm³/mol. The molecule has 5 nitrogen and oxygen atoms in total. The standard InChI is InChI=1S/C15H10O5/c1-2-19-14(17)6-4-10-3-5-13-12(7-10)15(18)11(8-16)9-20-13/h3,5,7-9H,2H2,1H3. The van der Waals surface area contributed by atoms with E-state index in [1.807, 2.05) is 0 Å². The molecule has 2 rings (SSSR count). The summed E-state index contributed by atoms with van der Waals surface area (Å²) in [7, 11) is 0. The van der Waals surface area contributed by atoms with Gasteiger partial charge in [-0.2, -0.15) is 0 Å². The quantitative estimate of drug-likeness (QED) is 0.470. The molecule has 0 spiro atoms. The maximum absolute atomic E-state index is 11.9. The molecule has 0 saturated carbocycles. The minimum absolute atomic E-state index is 0.0620. The molecule has 0 unspecified atom stereocenters. The highest BCUT2D eigenvalue weighted by Gasteiger charge is 2.06. The van der Waals surface area contributed by atoms with Gasteiger partial charge in [-0.15, -0.1) is 0 Å². The van der Waals surface area contributed by atoms with Gasteiger partial charge in [0.05, 0.1) is 17.6 Å². The van der Waals surface area contributed by atoms with Gasteiger partial charge in [0.15, 0.2) is 6.29 Å². The fourth-order valence-electron chi connectivity index (χ4n) is 1.60. The van der Waals surface area contributed by atoms with Gasteiger partial charge in [-0.1, -0.05) is 5.92 Å². The highest BCUT2D eigenvalue weighted by molar-refractivity contribution is 5.90. The molecule has 0 saturated heterocycles. The molecule has 0 aliphatic heterocycles. The molecule has 1 aromatic carbocycles. The van der Waals surface area contributed by atoms with Gasteiger partial charge in [0.25, 0.3) is 0 Å². The zero-order valence-electron chi connectivity index (χ0n) is 10.6. The van der Waals surface area contributed by atoms with Crippen molar-refractivity contribution in [3.8, 4) is 11.8 Å². The second-order valence-corrected chi connectivity index (χ2v) is 3.82. The normalized spacial score (nSPS) is 9.65. The Kier molecular flexibility index (Phi) is 3.96. The molecule has 0 atom stereocenters. The number of carbonyl (C=O) groups excluding carboxylic acids is 2. The number of fused-ring (bicyclic) bond motifs is 1. The van der Waals surface area contributed by atoms with Crippen molar-refractivity contribution >= 4 is 23.2 Å². The van der Waals surface area contributed by atoms with E-state index in [4.69, 9.17) is 4.42 Å². The van der Waals surface area contributed by atoms with E-state index in [-0.39, 0.29) is 17.6 Å². The Hall–Kier alpha value is -2.87. The predicted octanol–water partition coefficient (Wildman–Crippen LogP) is 1.52. The minimum atomic E-state index is -0.638. The van der Waals surface area contributed by atoms with Crippen molar-refractivity contribution in [2.24, 2.45) is 0 Å². The van der Waals surface area contributed by atoms with Crippen LogP contribution in [0.25, 0.3) is 11.0 Å². The van der Waals surface area contributed by atoms with Crippen molar-refractivity contribution in [3.63, 3.8) is 0 Å². The third kappa shape index (κ3) is 2.75. The first-order valence-electron chi connectivity index (χ1n) is 5.85. The number of rotatable bonds is 2. The Morgan fingerprint density at radius 2 is 2.25 bits per heavy atom. The number of hydrogen-bond donors (Lipinski definition) is 0. The van der Waals surface area contributed by atoms with E-state index in [1.54, 1.807) is 19.1 Å². The lowest BCUT2D eigenvalue weighted by molar-refractivity contribution is -0.136. The summed E-state index contributed by atoms with van der Waals surface area (Å²) in [5.74, 6) is 4.25. The lowest BCUT2D eigenvalue weighted by atomic mass is 10.1. The second kappa shape index (κ2) is 5.85. The lowest BCUT2D eigenvalue weighted by Gasteiger charge is -1.98. The van der Waals surface area contributed by atoms with Crippen LogP contribution in [0.3, 0.4) is 0 Å². The van der Waals surface area contributed by atoms with Crippen LogP contribution in [-0.4, -0.2) is 18.9 Å². The van der Waals surface area contributed by atoms with Crippen molar-refractivity contribution in [3.05, 3.63) is 45.8 Å². The Bertz CT molecular complexity index is 789. The van der Waals surface area contributed by atoms with Gasteiger partial charge in [0.2, 0.25) is 5.43 Å². The molecule has 100 valence electrons. The molecule has 5 heteroatoms. The van der Waals surface area contributed by atoms with Gasteiger partial charge in [0, 0.05) is 11.5 Å². The van der Waals surface area contributed by atoms with Crippen LogP contribution in [0.2, 0.25) is 0 Å². The van der Waals surface area contributed by atoms with Gasteiger partial charge in [-0.05, 0) is 25.1 Å². The van der Waals surface area contributed by atoms with Crippen molar-refractivity contribution in [1.29, 1.82) is 0 Å². The van der Waals surface area contributed by atoms with Gasteiger partial charge in [-0.3, -0.25) is 9.59 Å². The molecule has 0 N–H and O–H groups in total. The first kappa shape index (κ1) is 13.6. The SMILES string of the molecule is CCOC(=O)C#Cc1ccc2occ(C=O)c(=O)c2c1. The molecule has 0 fully saturated rings. The maximum Gasteiger partial charge on any atom is 0.384 e. The first-order chi connectivity index (χ1) is 9.65. The summed E-state index contributed by atoms with van der Waals surface area (Å²) < 4.78 is 9.83. The molecule has 1 aromatic heterocycles. The van der Waals surface area contributed by atoms with E-state index in [0.29, 0.717) is 17.4 Å². The number of hydrogen-bond acceptors (Lipinski definition) is 5. The molecular formula is C15H10O5. The summed E-state index contributed by atoms with van der Waals surface area (Å²) >= 11 is 0. The van der Waals surface area contributed by atoms with E-state index in [1.165, 1.54) is 6.07 Å². The van der Waals surface area contributed by atoms with E-state index < -0.39 is 11.4 Å². The highest BCUT2D eigenvalue weighted by atomic mass is 16.5. The zero-order chi connectivity index (χ0) is 14.5. The van der Waals surface area contributed by atoms with Crippen molar-refractivity contribution in [1.82, 2.24) is 0 Å². The molecule has 0 aliphatic rings.